The highest BCUT2D eigenvalue weighted by Crippen LogP contribution is 2.46. The Kier molecular flexibility index (Phi) is 3.18. The minimum absolute atomic E-state index is 0.0359. The SMILES string of the molecule is CC1(CNC(=O)C2(C(N)=S)CC2)CCCS1. The molecule has 0 aromatic heterocycles. The van der Waals surface area contributed by atoms with Crippen molar-refractivity contribution in [2.75, 3.05) is 12.3 Å². The molecule has 3 N–H and O–H groups in total. The maximum Gasteiger partial charge on any atom is 0.233 e. The number of thioether (sulfide) groups is 1. The largest absolute Gasteiger partial charge is 0.392 e. The standard InChI is InChI=1S/C11H18N2OS2/c1-10(3-2-6-16-10)7-13-9(14)11(4-5-11)8(12)15/h2-7H2,1H3,(H2,12,15)(H,13,14). The first-order chi connectivity index (χ1) is 7.49. The molecule has 1 atom stereocenters. The summed E-state index contributed by atoms with van der Waals surface area (Å²) in [6.45, 7) is 2.95. The van der Waals surface area contributed by atoms with Crippen molar-refractivity contribution in [3.05, 3.63) is 0 Å². The van der Waals surface area contributed by atoms with Gasteiger partial charge in [0.05, 0.1) is 10.4 Å². The number of hydrogen-bond donors (Lipinski definition) is 2. The first kappa shape index (κ1) is 12.2. The second-order valence-corrected chi connectivity index (χ2v) is 7.15. The van der Waals surface area contributed by atoms with Gasteiger partial charge in [-0.05, 0) is 38.4 Å². The molecule has 0 aromatic rings. The maximum absolute atomic E-state index is 12.0. The van der Waals surface area contributed by atoms with E-state index in [0.717, 1.165) is 19.4 Å². The van der Waals surface area contributed by atoms with Gasteiger partial charge in [0.1, 0.15) is 0 Å². The molecule has 3 nitrogen and oxygen atoms in total. The summed E-state index contributed by atoms with van der Waals surface area (Å²) >= 11 is 6.91. The third-order valence-corrected chi connectivity index (χ3v) is 5.51. The van der Waals surface area contributed by atoms with Gasteiger partial charge in [0.2, 0.25) is 5.91 Å². The van der Waals surface area contributed by atoms with E-state index in [1.165, 1.54) is 18.6 Å². The lowest BCUT2D eigenvalue weighted by Gasteiger charge is -2.24. The zero-order valence-corrected chi connectivity index (χ0v) is 11.2. The molecule has 1 aliphatic carbocycles. The lowest BCUT2D eigenvalue weighted by atomic mass is 10.0. The molecule has 0 aromatic carbocycles. The number of amides is 1. The van der Waals surface area contributed by atoms with E-state index in [1.807, 2.05) is 11.8 Å². The number of carbonyl (C=O) groups excluding carboxylic acids is 1. The molecule has 0 radical (unpaired) electrons. The average Bonchev–Trinajstić information content (AvgIpc) is 2.95. The second-order valence-electron chi connectivity index (χ2n) is 5.03. The van der Waals surface area contributed by atoms with Crippen LogP contribution in [0.25, 0.3) is 0 Å². The highest BCUT2D eigenvalue weighted by molar-refractivity contribution is 8.00. The molecule has 1 aliphatic heterocycles. The van der Waals surface area contributed by atoms with Crippen molar-refractivity contribution in [2.24, 2.45) is 11.1 Å². The first-order valence-electron chi connectivity index (χ1n) is 5.71. The van der Waals surface area contributed by atoms with Crippen LogP contribution in [0.3, 0.4) is 0 Å². The Bertz CT molecular complexity index is 320. The molecule has 1 saturated carbocycles. The van der Waals surface area contributed by atoms with Gasteiger partial charge >= 0.3 is 0 Å². The Balaban J connectivity index is 1.87. The first-order valence-corrected chi connectivity index (χ1v) is 7.10. The molecule has 2 fully saturated rings. The molecule has 0 bridgehead atoms. The summed E-state index contributed by atoms with van der Waals surface area (Å²) in [5.41, 5.74) is 5.11. The van der Waals surface area contributed by atoms with Gasteiger partial charge in [-0.1, -0.05) is 12.2 Å². The monoisotopic (exact) mass is 258 g/mol. The van der Waals surface area contributed by atoms with Crippen LogP contribution >= 0.6 is 24.0 Å². The van der Waals surface area contributed by atoms with Gasteiger partial charge in [0.25, 0.3) is 0 Å². The predicted octanol–water partition coefficient (Wildman–Crippen LogP) is 1.45. The fourth-order valence-electron chi connectivity index (χ4n) is 2.12. The van der Waals surface area contributed by atoms with E-state index in [9.17, 15) is 4.79 Å². The van der Waals surface area contributed by atoms with E-state index in [-0.39, 0.29) is 10.7 Å². The molecule has 2 rings (SSSR count). The maximum atomic E-state index is 12.0. The molecule has 90 valence electrons. The second kappa shape index (κ2) is 4.18. The van der Waals surface area contributed by atoms with Crippen molar-refractivity contribution in [1.29, 1.82) is 0 Å². The molecule has 2 aliphatic rings. The van der Waals surface area contributed by atoms with Crippen molar-refractivity contribution in [3.8, 4) is 0 Å². The van der Waals surface area contributed by atoms with Crippen LogP contribution in [-0.2, 0) is 4.79 Å². The Morgan fingerprint density at radius 1 is 1.50 bits per heavy atom. The van der Waals surface area contributed by atoms with Crippen LogP contribution in [0.1, 0.15) is 32.6 Å². The predicted molar refractivity (Wildman–Crippen MR) is 71.6 cm³/mol. The van der Waals surface area contributed by atoms with Gasteiger partial charge in [-0.2, -0.15) is 11.8 Å². The number of nitrogens with two attached hydrogens (primary N) is 1. The lowest BCUT2D eigenvalue weighted by molar-refractivity contribution is -0.124. The van der Waals surface area contributed by atoms with Crippen molar-refractivity contribution in [1.82, 2.24) is 5.32 Å². The number of rotatable bonds is 4. The molecular weight excluding hydrogens is 240 g/mol. The molecule has 1 amide bonds. The molecular formula is C11H18N2OS2. The van der Waals surface area contributed by atoms with Crippen molar-refractivity contribution >= 4 is 34.9 Å². The van der Waals surface area contributed by atoms with Crippen molar-refractivity contribution in [3.63, 3.8) is 0 Å². The molecule has 1 heterocycles. The Hall–Kier alpha value is -0.290. The zero-order valence-electron chi connectivity index (χ0n) is 9.54. The van der Waals surface area contributed by atoms with E-state index >= 15 is 0 Å². The van der Waals surface area contributed by atoms with Crippen LogP contribution in [0.15, 0.2) is 0 Å². The van der Waals surface area contributed by atoms with Gasteiger partial charge in [-0.15, -0.1) is 0 Å². The van der Waals surface area contributed by atoms with Gasteiger partial charge in [-0.3, -0.25) is 4.79 Å². The van der Waals surface area contributed by atoms with Crippen LogP contribution in [-0.4, -0.2) is 27.9 Å². The quantitative estimate of drug-likeness (QED) is 0.750. The molecule has 1 unspecified atom stereocenters. The van der Waals surface area contributed by atoms with Crippen LogP contribution in [0, 0.1) is 5.41 Å². The number of hydrogen-bond acceptors (Lipinski definition) is 3. The van der Waals surface area contributed by atoms with Gasteiger partial charge in [-0.25, -0.2) is 0 Å². The topological polar surface area (TPSA) is 55.1 Å². The smallest absolute Gasteiger partial charge is 0.233 e. The summed E-state index contributed by atoms with van der Waals surface area (Å²) in [5.74, 6) is 1.24. The Morgan fingerprint density at radius 3 is 2.62 bits per heavy atom. The molecule has 5 heteroatoms. The van der Waals surface area contributed by atoms with Crippen LogP contribution < -0.4 is 11.1 Å². The van der Waals surface area contributed by atoms with Crippen molar-refractivity contribution in [2.45, 2.75) is 37.4 Å². The normalized spacial score (nSPS) is 31.1. The zero-order chi connectivity index (χ0) is 11.8. The van der Waals surface area contributed by atoms with E-state index in [1.54, 1.807) is 0 Å². The summed E-state index contributed by atoms with van der Waals surface area (Å²) in [6.07, 6.45) is 4.06. The highest BCUT2D eigenvalue weighted by atomic mass is 32.2. The minimum Gasteiger partial charge on any atom is -0.392 e. The van der Waals surface area contributed by atoms with Crippen molar-refractivity contribution < 1.29 is 4.79 Å². The van der Waals surface area contributed by atoms with Gasteiger partial charge in [0, 0.05) is 11.3 Å². The average molecular weight is 258 g/mol. The van der Waals surface area contributed by atoms with Crippen LogP contribution in [0.4, 0.5) is 0 Å². The summed E-state index contributed by atoms with van der Waals surface area (Å²) < 4.78 is 0.210. The number of carbonyl (C=O) groups is 1. The summed E-state index contributed by atoms with van der Waals surface area (Å²) in [5, 5.41) is 3.02. The summed E-state index contributed by atoms with van der Waals surface area (Å²) in [6, 6.07) is 0. The minimum atomic E-state index is -0.505. The third-order valence-electron chi connectivity index (χ3n) is 3.58. The van der Waals surface area contributed by atoms with E-state index in [4.69, 9.17) is 18.0 Å². The molecule has 0 spiro atoms. The fourth-order valence-corrected chi connectivity index (χ4v) is 3.66. The van der Waals surface area contributed by atoms with Gasteiger partial charge in [0.15, 0.2) is 0 Å². The molecule has 1 saturated heterocycles. The third kappa shape index (κ3) is 2.20. The van der Waals surface area contributed by atoms with E-state index < -0.39 is 5.41 Å². The Morgan fingerprint density at radius 2 is 2.19 bits per heavy atom. The number of nitrogens with one attached hydrogen (secondary N) is 1. The molecule has 16 heavy (non-hydrogen) atoms. The summed E-state index contributed by atoms with van der Waals surface area (Å²) in [4.78, 5) is 12.3. The van der Waals surface area contributed by atoms with E-state index in [2.05, 4.69) is 12.2 Å². The highest BCUT2D eigenvalue weighted by Gasteiger charge is 2.52. The fraction of sp³-hybridized carbons (Fsp3) is 0.818. The number of thiocarbonyl (C=S) groups is 1. The Labute approximate surface area is 106 Å². The van der Waals surface area contributed by atoms with Gasteiger partial charge < -0.3 is 11.1 Å². The van der Waals surface area contributed by atoms with Crippen LogP contribution in [0.2, 0.25) is 0 Å². The lowest BCUT2D eigenvalue weighted by Crippen LogP contribution is -2.44. The van der Waals surface area contributed by atoms with E-state index in [0.29, 0.717) is 4.99 Å². The van der Waals surface area contributed by atoms with Crippen LogP contribution in [0.5, 0.6) is 0 Å². The summed E-state index contributed by atoms with van der Waals surface area (Å²) in [7, 11) is 0.